The lowest BCUT2D eigenvalue weighted by Gasteiger charge is -2.17. The smallest absolute Gasteiger partial charge is 0.328 e. The van der Waals surface area contributed by atoms with E-state index in [1.807, 2.05) is 18.2 Å². The van der Waals surface area contributed by atoms with Gasteiger partial charge >= 0.3 is 5.97 Å². The minimum Gasteiger partial charge on any atom is -0.467 e. The van der Waals surface area contributed by atoms with Crippen molar-refractivity contribution < 1.29 is 18.5 Å². The van der Waals surface area contributed by atoms with Gasteiger partial charge in [0.15, 0.2) is 0 Å². The molecule has 0 spiro atoms. The average molecular weight is 351 g/mol. The fraction of sp³-hybridized carbons (Fsp3) is 0.556. The Morgan fingerprint density at radius 2 is 1.92 bits per heavy atom. The van der Waals surface area contributed by atoms with Gasteiger partial charge in [-0.15, -0.1) is 0 Å². The van der Waals surface area contributed by atoms with E-state index < -0.39 is 22.8 Å². The standard InChI is InChI=1S/C18H25NO4S/c1-23-18(21)16(19-17(20)13-14-7-5-6-8-14)11-12-24(22)15-9-3-2-4-10-15/h2-4,9-10,14,16H,5-8,11-13H2,1H3,(H,19,20)/t16-,24+/m0/s1. The van der Waals surface area contributed by atoms with Crippen molar-refractivity contribution in [2.45, 2.75) is 49.5 Å². The Kier molecular flexibility index (Phi) is 7.43. The summed E-state index contributed by atoms with van der Waals surface area (Å²) in [6.45, 7) is 0. The zero-order valence-corrected chi connectivity index (χ0v) is 14.8. The van der Waals surface area contributed by atoms with Crippen molar-refractivity contribution >= 4 is 22.7 Å². The van der Waals surface area contributed by atoms with E-state index in [1.165, 1.54) is 20.0 Å². The van der Waals surface area contributed by atoms with E-state index in [0.717, 1.165) is 17.7 Å². The van der Waals surface area contributed by atoms with Crippen molar-refractivity contribution in [2.24, 2.45) is 5.92 Å². The van der Waals surface area contributed by atoms with E-state index >= 15 is 0 Å². The molecular weight excluding hydrogens is 326 g/mol. The molecule has 1 N–H and O–H groups in total. The van der Waals surface area contributed by atoms with Gasteiger partial charge in [0.2, 0.25) is 5.91 Å². The molecule has 1 aromatic carbocycles. The molecule has 1 aromatic rings. The Morgan fingerprint density at radius 3 is 2.54 bits per heavy atom. The molecular formula is C18H25NO4S. The van der Waals surface area contributed by atoms with E-state index in [-0.39, 0.29) is 5.91 Å². The molecule has 0 unspecified atom stereocenters. The molecule has 1 amide bonds. The van der Waals surface area contributed by atoms with Gasteiger partial charge in [0.05, 0.1) is 17.9 Å². The number of hydrogen-bond acceptors (Lipinski definition) is 4. The van der Waals surface area contributed by atoms with Gasteiger partial charge in [0.1, 0.15) is 6.04 Å². The first-order valence-corrected chi connectivity index (χ1v) is 9.72. The Morgan fingerprint density at radius 1 is 1.25 bits per heavy atom. The first-order valence-electron chi connectivity index (χ1n) is 8.40. The molecule has 0 aliphatic heterocycles. The van der Waals surface area contributed by atoms with E-state index in [0.29, 0.717) is 24.5 Å². The van der Waals surface area contributed by atoms with Crippen molar-refractivity contribution in [3.8, 4) is 0 Å². The van der Waals surface area contributed by atoms with E-state index in [4.69, 9.17) is 4.74 Å². The molecule has 2 rings (SSSR count). The van der Waals surface area contributed by atoms with Crippen molar-refractivity contribution in [3.63, 3.8) is 0 Å². The van der Waals surface area contributed by atoms with Gasteiger partial charge in [-0.25, -0.2) is 4.79 Å². The second-order valence-electron chi connectivity index (χ2n) is 6.15. The molecule has 0 saturated heterocycles. The molecule has 2 atom stereocenters. The molecule has 6 heteroatoms. The summed E-state index contributed by atoms with van der Waals surface area (Å²) < 4.78 is 17.0. The second-order valence-corrected chi connectivity index (χ2v) is 7.72. The predicted molar refractivity (Wildman–Crippen MR) is 92.9 cm³/mol. The van der Waals surface area contributed by atoms with E-state index in [2.05, 4.69) is 5.32 Å². The zero-order chi connectivity index (χ0) is 17.4. The molecule has 5 nitrogen and oxygen atoms in total. The Hall–Kier alpha value is -1.69. The van der Waals surface area contributed by atoms with Gasteiger partial charge < -0.3 is 10.1 Å². The molecule has 1 fully saturated rings. The largest absolute Gasteiger partial charge is 0.467 e. The third-order valence-corrected chi connectivity index (χ3v) is 5.77. The number of esters is 1. The molecule has 24 heavy (non-hydrogen) atoms. The fourth-order valence-electron chi connectivity index (χ4n) is 3.04. The Labute approximate surface area is 145 Å². The molecule has 0 heterocycles. The van der Waals surface area contributed by atoms with Crippen LogP contribution in [-0.4, -0.2) is 35.0 Å². The third kappa shape index (κ3) is 5.74. The van der Waals surface area contributed by atoms with Gasteiger partial charge in [-0.3, -0.25) is 9.00 Å². The van der Waals surface area contributed by atoms with Crippen LogP contribution in [0.2, 0.25) is 0 Å². The summed E-state index contributed by atoms with van der Waals surface area (Å²) in [6.07, 6.45) is 5.26. The van der Waals surface area contributed by atoms with Gasteiger partial charge in [-0.2, -0.15) is 0 Å². The number of methoxy groups -OCH3 is 1. The third-order valence-electron chi connectivity index (χ3n) is 4.37. The van der Waals surface area contributed by atoms with E-state index in [1.54, 1.807) is 12.1 Å². The zero-order valence-electron chi connectivity index (χ0n) is 14.0. The summed E-state index contributed by atoms with van der Waals surface area (Å²) in [7, 11) is 0.0979. The minimum absolute atomic E-state index is 0.122. The molecule has 1 saturated carbocycles. The Balaban J connectivity index is 1.86. The molecule has 0 bridgehead atoms. The number of hydrogen-bond donors (Lipinski definition) is 1. The number of carbonyl (C=O) groups excluding carboxylic acids is 2. The maximum atomic E-state index is 12.3. The Bertz CT molecular complexity index is 570. The van der Waals surface area contributed by atoms with Crippen LogP contribution in [0.4, 0.5) is 0 Å². The van der Waals surface area contributed by atoms with Gasteiger partial charge in [-0.1, -0.05) is 31.0 Å². The monoisotopic (exact) mass is 351 g/mol. The first-order chi connectivity index (χ1) is 11.6. The van der Waals surface area contributed by atoms with Crippen LogP contribution in [0.3, 0.4) is 0 Å². The van der Waals surface area contributed by atoms with E-state index in [9.17, 15) is 13.8 Å². The van der Waals surface area contributed by atoms with Crippen LogP contribution in [0.15, 0.2) is 35.2 Å². The average Bonchev–Trinajstić information content (AvgIpc) is 3.11. The number of amides is 1. The summed E-state index contributed by atoms with van der Waals surface area (Å²) in [6, 6.07) is 8.37. The maximum absolute atomic E-state index is 12.3. The van der Waals surface area contributed by atoms with Crippen molar-refractivity contribution in [2.75, 3.05) is 12.9 Å². The number of rotatable bonds is 8. The van der Waals surface area contributed by atoms with Crippen LogP contribution in [0.5, 0.6) is 0 Å². The topological polar surface area (TPSA) is 72.5 Å². The quantitative estimate of drug-likeness (QED) is 0.730. The molecule has 0 aromatic heterocycles. The lowest BCUT2D eigenvalue weighted by atomic mass is 10.0. The summed E-state index contributed by atoms with van der Waals surface area (Å²) >= 11 is 0. The summed E-state index contributed by atoms with van der Waals surface area (Å²) in [4.78, 5) is 24.8. The van der Waals surface area contributed by atoms with Crippen LogP contribution in [0, 0.1) is 5.92 Å². The fourth-order valence-corrected chi connectivity index (χ4v) is 4.18. The molecule has 0 radical (unpaired) electrons. The highest BCUT2D eigenvalue weighted by Crippen LogP contribution is 2.27. The van der Waals surface area contributed by atoms with Crippen LogP contribution in [-0.2, 0) is 25.1 Å². The van der Waals surface area contributed by atoms with Crippen LogP contribution < -0.4 is 5.32 Å². The SMILES string of the molecule is COC(=O)[C@H](CC[S@@](=O)c1ccccc1)NC(=O)CC1CCCC1. The normalized spacial score (nSPS) is 17.2. The van der Waals surface area contributed by atoms with Crippen molar-refractivity contribution in [3.05, 3.63) is 30.3 Å². The highest BCUT2D eigenvalue weighted by atomic mass is 32.2. The highest BCUT2D eigenvalue weighted by Gasteiger charge is 2.25. The lowest BCUT2D eigenvalue weighted by Crippen LogP contribution is -2.42. The summed E-state index contributed by atoms with van der Waals surface area (Å²) in [5.74, 6) is 0.109. The first kappa shape index (κ1) is 18.6. The number of nitrogens with one attached hydrogen (secondary N) is 1. The second kappa shape index (κ2) is 9.57. The molecule has 1 aliphatic carbocycles. The van der Waals surface area contributed by atoms with Gasteiger partial charge in [0.25, 0.3) is 0 Å². The highest BCUT2D eigenvalue weighted by molar-refractivity contribution is 7.85. The van der Waals surface area contributed by atoms with Crippen molar-refractivity contribution in [1.82, 2.24) is 5.32 Å². The number of ether oxygens (including phenoxy) is 1. The van der Waals surface area contributed by atoms with Crippen molar-refractivity contribution in [1.29, 1.82) is 0 Å². The molecule has 1 aliphatic rings. The predicted octanol–water partition coefficient (Wildman–Crippen LogP) is 2.42. The van der Waals surface area contributed by atoms with Gasteiger partial charge in [-0.05, 0) is 37.3 Å². The van der Waals surface area contributed by atoms with Crippen LogP contribution in [0.1, 0.15) is 38.5 Å². The van der Waals surface area contributed by atoms with Crippen LogP contribution in [0.25, 0.3) is 0 Å². The number of carbonyl (C=O) groups is 2. The number of benzene rings is 1. The minimum atomic E-state index is -1.20. The lowest BCUT2D eigenvalue weighted by molar-refractivity contribution is -0.145. The maximum Gasteiger partial charge on any atom is 0.328 e. The molecule has 132 valence electrons. The van der Waals surface area contributed by atoms with Gasteiger partial charge in [0, 0.05) is 17.1 Å². The summed E-state index contributed by atoms with van der Waals surface area (Å²) in [5.41, 5.74) is 0. The van der Waals surface area contributed by atoms with Crippen LogP contribution >= 0.6 is 0 Å². The summed E-state index contributed by atoms with van der Waals surface area (Å²) in [5, 5.41) is 2.75.